The van der Waals surface area contributed by atoms with E-state index in [9.17, 15) is 5.11 Å². The van der Waals surface area contributed by atoms with E-state index in [1.54, 1.807) is 0 Å². The van der Waals surface area contributed by atoms with Gasteiger partial charge in [-0.05, 0) is 31.3 Å². The van der Waals surface area contributed by atoms with Crippen molar-refractivity contribution in [2.24, 2.45) is 0 Å². The van der Waals surface area contributed by atoms with Crippen molar-refractivity contribution >= 4 is 11.8 Å². The number of hydrogen-bond donors (Lipinski definition) is 1. The van der Waals surface area contributed by atoms with Gasteiger partial charge in [-0.15, -0.1) is 0 Å². The van der Waals surface area contributed by atoms with E-state index in [1.165, 1.54) is 11.4 Å². The summed E-state index contributed by atoms with van der Waals surface area (Å²) in [4.78, 5) is 0. The smallest absolute Gasteiger partial charge is 0.0718 e. The molecule has 0 saturated carbocycles. The Kier molecular flexibility index (Phi) is 5.91. The highest BCUT2D eigenvalue weighted by Crippen LogP contribution is 2.17. The number of aliphatic hydroxyl groups is 1. The van der Waals surface area contributed by atoms with Crippen molar-refractivity contribution in [1.29, 1.82) is 0 Å². The van der Waals surface area contributed by atoms with Crippen LogP contribution in [0.15, 0.2) is 0 Å². The molecule has 0 saturated heterocycles. The van der Waals surface area contributed by atoms with E-state index in [1.807, 2.05) is 11.8 Å². The van der Waals surface area contributed by atoms with Crippen LogP contribution in [0.25, 0.3) is 0 Å². The fourth-order valence-electron chi connectivity index (χ4n) is 1.99. The highest BCUT2D eigenvalue weighted by molar-refractivity contribution is 7.98. The molecule has 0 aromatic carbocycles. The molecule has 1 aromatic rings. The Morgan fingerprint density at radius 1 is 1.31 bits per heavy atom. The monoisotopic (exact) mass is 242 g/mol. The molecule has 0 aliphatic heterocycles. The third-order valence-electron chi connectivity index (χ3n) is 2.80. The molecule has 0 aliphatic carbocycles. The van der Waals surface area contributed by atoms with Crippen LogP contribution in [0, 0.1) is 0 Å². The molecular weight excluding hydrogens is 220 g/mol. The Morgan fingerprint density at radius 3 is 2.56 bits per heavy atom. The lowest BCUT2D eigenvalue weighted by Crippen LogP contribution is -2.06. The maximum atomic E-state index is 9.39. The molecule has 92 valence electrons. The van der Waals surface area contributed by atoms with Crippen molar-refractivity contribution in [2.75, 3.05) is 12.0 Å². The highest BCUT2D eigenvalue weighted by atomic mass is 32.2. The second-order valence-corrected chi connectivity index (χ2v) is 4.79. The van der Waals surface area contributed by atoms with Crippen LogP contribution in [0.1, 0.15) is 37.2 Å². The van der Waals surface area contributed by atoms with Crippen molar-refractivity contribution in [1.82, 2.24) is 9.78 Å². The number of thioether (sulfide) groups is 1. The van der Waals surface area contributed by atoms with Gasteiger partial charge < -0.3 is 5.11 Å². The molecule has 1 rings (SSSR count). The zero-order valence-corrected chi connectivity index (χ0v) is 11.3. The Morgan fingerprint density at radius 2 is 2.06 bits per heavy atom. The average molecular weight is 242 g/mol. The predicted molar refractivity (Wildman–Crippen MR) is 69.9 cm³/mol. The quantitative estimate of drug-likeness (QED) is 0.745. The fourth-order valence-corrected chi connectivity index (χ4v) is 2.41. The SMILES string of the molecule is CCc1nn(CCCSC)c(CC)c1CO. The largest absolute Gasteiger partial charge is 0.392 e. The molecular formula is C12H22N2OS. The Bertz CT molecular complexity index is 323. The predicted octanol–water partition coefficient (Wildman–Crippen LogP) is 2.25. The summed E-state index contributed by atoms with van der Waals surface area (Å²) in [5, 5.41) is 14.0. The average Bonchev–Trinajstić information content (AvgIpc) is 2.66. The summed E-state index contributed by atoms with van der Waals surface area (Å²) in [7, 11) is 0. The van der Waals surface area contributed by atoms with E-state index < -0.39 is 0 Å². The minimum absolute atomic E-state index is 0.120. The van der Waals surface area contributed by atoms with Crippen LogP contribution >= 0.6 is 11.8 Å². The van der Waals surface area contributed by atoms with Gasteiger partial charge in [-0.1, -0.05) is 13.8 Å². The molecule has 1 aromatic heterocycles. The normalized spacial score (nSPS) is 11.0. The summed E-state index contributed by atoms with van der Waals surface area (Å²) in [5.41, 5.74) is 3.32. The van der Waals surface area contributed by atoms with E-state index in [0.29, 0.717) is 0 Å². The maximum Gasteiger partial charge on any atom is 0.0718 e. The van der Waals surface area contributed by atoms with Gasteiger partial charge in [0.05, 0.1) is 12.3 Å². The molecule has 0 fully saturated rings. The van der Waals surface area contributed by atoms with Gasteiger partial charge in [0.2, 0.25) is 0 Å². The fraction of sp³-hybridized carbons (Fsp3) is 0.750. The highest BCUT2D eigenvalue weighted by Gasteiger charge is 2.13. The van der Waals surface area contributed by atoms with Gasteiger partial charge >= 0.3 is 0 Å². The first-order chi connectivity index (χ1) is 7.78. The van der Waals surface area contributed by atoms with Gasteiger partial charge in [-0.3, -0.25) is 4.68 Å². The van der Waals surface area contributed by atoms with E-state index in [-0.39, 0.29) is 6.61 Å². The van der Waals surface area contributed by atoms with Crippen LogP contribution in [0.3, 0.4) is 0 Å². The van der Waals surface area contributed by atoms with Gasteiger partial charge in [0.1, 0.15) is 0 Å². The Labute approximate surface area is 102 Å². The molecule has 1 heterocycles. The molecule has 0 amide bonds. The van der Waals surface area contributed by atoms with E-state index in [4.69, 9.17) is 0 Å². The van der Waals surface area contributed by atoms with Crippen molar-refractivity contribution < 1.29 is 5.11 Å². The van der Waals surface area contributed by atoms with Crippen LogP contribution in [0.4, 0.5) is 0 Å². The summed E-state index contributed by atoms with van der Waals surface area (Å²) in [6, 6.07) is 0. The van der Waals surface area contributed by atoms with Crippen molar-refractivity contribution in [3.05, 3.63) is 17.0 Å². The lowest BCUT2D eigenvalue weighted by atomic mass is 10.1. The number of aryl methyl sites for hydroxylation is 2. The van der Waals surface area contributed by atoms with Gasteiger partial charge in [-0.25, -0.2) is 0 Å². The number of nitrogens with zero attached hydrogens (tertiary/aromatic N) is 2. The zero-order chi connectivity index (χ0) is 12.0. The molecule has 1 N–H and O–H groups in total. The first-order valence-electron chi connectivity index (χ1n) is 5.95. The molecule has 0 bridgehead atoms. The number of rotatable bonds is 7. The van der Waals surface area contributed by atoms with Crippen molar-refractivity contribution in [3.63, 3.8) is 0 Å². The summed E-state index contributed by atoms with van der Waals surface area (Å²) >= 11 is 1.87. The summed E-state index contributed by atoms with van der Waals surface area (Å²) < 4.78 is 2.08. The van der Waals surface area contributed by atoms with E-state index in [2.05, 4.69) is 29.9 Å². The molecule has 0 spiro atoms. The van der Waals surface area contributed by atoms with Crippen LogP contribution < -0.4 is 0 Å². The molecule has 0 aliphatic rings. The van der Waals surface area contributed by atoms with Gasteiger partial charge in [0.25, 0.3) is 0 Å². The van der Waals surface area contributed by atoms with Crippen LogP contribution in [-0.2, 0) is 26.0 Å². The van der Waals surface area contributed by atoms with Crippen LogP contribution in [0.5, 0.6) is 0 Å². The lowest BCUT2D eigenvalue weighted by molar-refractivity contribution is 0.279. The number of hydrogen-bond acceptors (Lipinski definition) is 3. The van der Waals surface area contributed by atoms with Crippen molar-refractivity contribution in [2.45, 2.75) is 46.3 Å². The minimum atomic E-state index is 0.120. The second kappa shape index (κ2) is 6.97. The number of aromatic nitrogens is 2. The zero-order valence-electron chi connectivity index (χ0n) is 10.5. The lowest BCUT2D eigenvalue weighted by Gasteiger charge is -2.06. The van der Waals surface area contributed by atoms with Gasteiger partial charge in [0, 0.05) is 17.8 Å². The first kappa shape index (κ1) is 13.6. The topological polar surface area (TPSA) is 38.0 Å². The summed E-state index contributed by atoms with van der Waals surface area (Å²) in [5.74, 6) is 1.17. The van der Waals surface area contributed by atoms with E-state index in [0.717, 1.165) is 37.1 Å². The molecule has 0 unspecified atom stereocenters. The van der Waals surface area contributed by atoms with Crippen LogP contribution in [-0.4, -0.2) is 26.9 Å². The minimum Gasteiger partial charge on any atom is -0.392 e. The third kappa shape index (κ3) is 3.01. The van der Waals surface area contributed by atoms with Crippen LogP contribution in [0.2, 0.25) is 0 Å². The second-order valence-electron chi connectivity index (χ2n) is 3.81. The summed E-state index contributed by atoms with van der Waals surface area (Å²) in [6.07, 6.45) is 5.12. The Balaban J connectivity index is 2.85. The molecule has 0 atom stereocenters. The van der Waals surface area contributed by atoms with Crippen molar-refractivity contribution in [3.8, 4) is 0 Å². The maximum absolute atomic E-state index is 9.39. The summed E-state index contributed by atoms with van der Waals surface area (Å²) in [6.45, 7) is 5.31. The Hall–Kier alpha value is -0.480. The molecule has 16 heavy (non-hydrogen) atoms. The molecule has 4 heteroatoms. The van der Waals surface area contributed by atoms with E-state index >= 15 is 0 Å². The molecule has 3 nitrogen and oxygen atoms in total. The van der Waals surface area contributed by atoms with Gasteiger partial charge in [0.15, 0.2) is 0 Å². The molecule has 0 radical (unpaired) electrons. The van der Waals surface area contributed by atoms with Gasteiger partial charge in [-0.2, -0.15) is 16.9 Å². The first-order valence-corrected chi connectivity index (χ1v) is 7.35. The number of aliphatic hydroxyl groups excluding tert-OH is 1. The standard InChI is InChI=1S/C12H22N2OS/c1-4-11-10(9-15)12(5-2)14(13-11)7-6-8-16-3/h15H,4-9H2,1-3H3. The third-order valence-corrected chi connectivity index (χ3v) is 3.49.